The van der Waals surface area contributed by atoms with Gasteiger partial charge in [0, 0.05) is 19.1 Å². The Bertz CT molecular complexity index is 390. The van der Waals surface area contributed by atoms with Crippen LogP contribution in [0, 0.1) is 5.92 Å². The molecular weight excluding hydrogens is 252 g/mol. The Morgan fingerprint density at radius 2 is 1.80 bits per heavy atom. The van der Waals surface area contributed by atoms with E-state index in [1.165, 1.54) is 12.8 Å². The summed E-state index contributed by atoms with van der Waals surface area (Å²) in [6, 6.07) is 8.29. The summed E-state index contributed by atoms with van der Waals surface area (Å²) in [4.78, 5) is 2.33. The first kappa shape index (κ1) is 15.1. The molecular formula is C16H26N2O2. The van der Waals surface area contributed by atoms with Crippen LogP contribution in [0.25, 0.3) is 0 Å². The molecule has 1 atom stereocenters. The first-order valence-electron chi connectivity index (χ1n) is 7.50. The van der Waals surface area contributed by atoms with Crippen LogP contribution in [0.3, 0.4) is 0 Å². The zero-order chi connectivity index (χ0) is 14.4. The van der Waals surface area contributed by atoms with Gasteiger partial charge in [-0.1, -0.05) is 0 Å². The number of rotatable bonds is 9. The number of hydrogen-bond acceptors (Lipinski definition) is 4. The molecule has 2 rings (SSSR count). The van der Waals surface area contributed by atoms with Crippen molar-refractivity contribution in [1.82, 2.24) is 4.90 Å². The first-order chi connectivity index (χ1) is 9.74. The fourth-order valence-corrected chi connectivity index (χ4v) is 2.49. The summed E-state index contributed by atoms with van der Waals surface area (Å²) in [5, 5.41) is 0. The van der Waals surface area contributed by atoms with E-state index in [0.717, 1.165) is 30.5 Å². The zero-order valence-electron chi connectivity index (χ0n) is 12.5. The van der Waals surface area contributed by atoms with E-state index >= 15 is 0 Å². The van der Waals surface area contributed by atoms with Gasteiger partial charge in [-0.2, -0.15) is 0 Å². The highest BCUT2D eigenvalue weighted by Gasteiger charge is 2.32. The molecule has 20 heavy (non-hydrogen) atoms. The van der Waals surface area contributed by atoms with E-state index in [1.807, 2.05) is 31.2 Å². The third kappa shape index (κ3) is 4.39. The second kappa shape index (κ2) is 7.50. The molecule has 1 fully saturated rings. The van der Waals surface area contributed by atoms with Crippen molar-refractivity contribution in [1.29, 1.82) is 0 Å². The summed E-state index contributed by atoms with van der Waals surface area (Å²) in [5.41, 5.74) is 5.85. The van der Waals surface area contributed by atoms with Gasteiger partial charge in [0.1, 0.15) is 18.1 Å². The number of nitrogens with zero attached hydrogens (tertiary/aromatic N) is 1. The standard InChI is InChI=1S/C16H26N2O2/c1-3-19-14-6-8-15(9-7-14)20-11-10-18(2)16(12-17)13-4-5-13/h6-9,13,16H,3-5,10-12,17H2,1-2H3. The van der Waals surface area contributed by atoms with E-state index in [2.05, 4.69) is 11.9 Å². The van der Waals surface area contributed by atoms with Gasteiger partial charge in [0.2, 0.25) is 0 Å². The van der Waals surface area contributed by atoms with Crippen LogP contribution in [0.5, 0.6) is 11.5 Å². The predicted molar refractivity (Wildman–Crippen MR) is 81.3 cm³/mol. The average Bonchev–Trinajstić information content (AvgIpc) is 3.27. The molecule has 1 aromatic rings. The molecule has 4 heteroatoms. The molecule has 1 aromatic carbocycles. The summed E-state index contributed by atoms with van der Waals surface area (Å²) < 4.78 is 11.2. The lowest BCUT2D eigenvalue weighted by Gasteiger charge is -2.26. The van der Waals surface area contributed by atoms with Gasteiger partial charge in [-0.3, -0.25) is 4.90 Å². The van der Waals surface area contributed by atoms with Crippen molar-refractivity contribution in [3.8, 4) is 11.5 Å². The van der Waals surface area contributed by atoms with Crippen molar-refractivity contribution < 1.29 is 9.47 Å². The fourth-order valence-electron chi connectivity index (χ4n) is 2.49. The van der Waals surface area contributed by atoms with Crippen LogP contribution in [0.2, 0.25) is 0 Å². The van der Waals surface area contributed by atoms with Gasteiger partial charge in [-0.25, -0.2) is 0 Å². The topological polar surface area (TPSA) is 47.7 Å². The molecule has 1 aliphatic rings. The Balaban J connectivity index is 1.71. The predicted octanol–water partition coefficient (Wildman–Crippen LogP) is 2.13. The van der Waals surface area contributed by atoms with Crippen LogP contribution in [0.1, 0.15) is 19.8 Å². The van der Waals surface area contributed by atoms with Gasteiger partial charge in [-0.15, -0.1) is 0 Å². The average molecular weight is 278 g/mol. The molecule has 0 aromatic heterocycles. The van der Waals surface area contributed by atoms with E-state index in [9.17, 15) is 0 Å². The molecule has 0 spiro atoms. The normalized spacial score (nSPS) is 16.2. The first-order valence-corrected chi connectivity index (χ1v) is 7.50. The second-order valence-corrected chi connectivity index (χ2v) is 5.37. The molecule has 1 aliphatic carbocycles. The van der Waals surface area contributed by atoms with Crippen LogP contribution in [-0.4, -0.2) is 44.3 Å². The van der Waals surface area contributed by atoms with Crippen molar-refractivity contribution in [3.05, 3.63) is 24.3 Å². The Hall–Kier alpha value is -1.26. The lowest BCUT2D eigenvalue weighted by atomic mass is 10.1. The van der Waals surface area contributed by atoms with E-state index in [4.69, 9.17) is 15.2 Å². The van der Waals surface area contributed by atoms with Gasteiger partial charge < -0.3 is 15.2 Å². The summed E-state index contributed by atoms with van der Waals surface area (Å²) in [6.07, 6.45) is 2.65. The molecule has 0 radical (unpaired) electrons. The highest BCUT2D eigenvalue weighted by atomic mass is 16.5. The number of ether oxygens (including phenoxy) is 2. The molecule has 112 valence electrons. The summed E-state index contributed by atoms with van der Waals surface area (Å²) in [7, 11) is 2.14. The largest absolute Gasteiger partial charge is 0.494 e. The molecule has 2 N–H and O–H groups in total. The van der Waals surface area contributed by atoms with Gasteiger partial charge in [0.15, 0.2) is 0 Å². The fraction of sp³-hybridized carbons (Fsp3) is 0.625. The van der Waals surface area contributed by atoms with Crippen LogP contribution < -0.4 is 15.2 Å². The number of likely N-dealkylation sites (N-methyl/N-ethyl adjacent to an activating group) is 1. The molecule has 0 bridgehead atoms. The third-order valence-electron chi connectivity index (χ3n) is 3.82. The van der Waals surface area contributed by atoms with Gasteiger partial charge in [0.25, 0.3) is 0 Å². The molecule has 0 amide bonds. The molecule has 0 saturated heterocycles. The minimum atomic E-state index is 0.513. The van der Waals surface area contributed by atoms with Gasteiger partial charge in [-0.05, 0) is 57.0 Å². The van der Waals surface area contributed by atoms with Crippen molar-refractivity contribution in [2.75, 3.05) is 33.4 Å². The van der Waals surface area contributed by atoms with E-state index in [0.29, 0.717) is 19.3 Å². The highest BCUT2D eigenvalue weighted by Crippen LogP contribution is 2.34. The molecule has 4 nitrogen and oxygen atoms in total. The van der Waals surface area contributed by atoms with Gasteiger partial charge in [0.05, 0.1) is 6.61 Å². The minimum Gasteiger partial charge on any atom is -0.494 e. The SMILES string of the molecule is CCOc1ccc(OCCN(C)C(CN)C2CC2)cc1. The van der Waals surface area contributed by atoms with Crippen LogP contribution >= 0.6 is 0 Å². The number of benzene rings is 1. The molecule has 0 aliphatic heterocycles. The second-order valence-electron chi connectivity index (χ2n) is 5.37. The Kier molecular flexibility index (Phi) is 5.68. The van der Waals surface area contributed by atoms with Crippen molar-refractivity contribution in [2.24, 2.45) is 11.7 Å². The lowest BCUT2D eigenvalue weighted by molar-refractivity contribution is 0.180. The van der Waals surface area contributed by atoms with E-state index in [-0.39, 0.29) is 0 Å². The highest BCUT2D eigenvalue weighted by molar-refractivity contribution is 5.31. The van der Waals surface area contributed by atoms with Gasteiger partial charge >= 0.3 is 0 Å². The maximum Gasteiger partial charge on any atom is 0.119 e. The van der Waals surface area contributed by atoms with Crippen molar-refractivity contribution >= 4 is 0 Å². The van der Waals surface area contributed by atoms with E-state index in [1.54, 1.807) is 0 Å². The van der Waals surface area contributed by atoms with E-state index < -0.39 is 0 Å². The Morgan fingerprint density at radius 1 is 1.20 bits per heavy atom. The smallest absolute Gasteiger partial charge is 0.119 e. The minimum absolute atomic E-state index is 0.513. The van der Waals surface area contributed by atoms with Crippen molar-refractivity contribution in [3.63, 3.8) is 0 Å². The zero-order valence-corrected chi connectivity index (χ0v) is 12.5. The monoisotopic (exact) mass is 278 g/mol. The summed E-state index contributed by atoms with van der Waals surface area (Å²) >= 11 is 0. The molecule has 0 heterocycles. The summed E-state index contributed by atoms with van der Waals surface area (Å²) in [5.74, 6) is 2.57. The summed E-state index contributed by atoms with van der Waals surface area (Å²) in [6.45, 7) is 5.00. The quantitative estimate of drug-likeness (QED) is 0.752. The Labute approximate surface area is 121 Å². The maximum absolute atomic E-state index is 5.85. The number of nitrogens with two attached hydrogens (primary N) is 1. The van der Waals surface area contributed by atoms with Crippen LogP contribution in [0.15, 0.2) is 24.3 Å². The Morgan fingerprint density at radius 3 is 2.30 bits per heavy atom. The van der Waals surface area contributed by atoms with Crippen LogP contribution in [-0.2, 0) is 0 Å². The third-order valence-corrected chi connectivity index (χ3v) is 3.82. The molecule has 1 unspecified atom stereocenters. The lowest BCUT2D eigenvalue weighted by Crippen LogP contribution is -2.41. The number of hydrogen-bond donors (Lipinski definition) is 1. The van der Waals surface area contributed by atoms with Crippen LogP contribution in [0.4, 0.5) is 0 Å². The molecule has 1 saturated carbocycles. The maximum atomic E-state index is 5.85. The van der Waals surface area contributed by atoms with Crippen molar-refractivity contribution in [2.45, 2.75) is 25.8 Å².